The van der Waals surface area contributed by atoms with E-state index in [1.165, 1.54) is 0 Å². The molecule has 0 radical (unpaired) electrons. The van der Waals surface area contributed by atoms with E-state index < -0.39 is 0 Å². The van der Waals surface area contributed by atoms with Gasteiger partial charge in [-0.05, 0) is 48.7 Å². The molecule has 5 heteroatoms. The highest BCUT2D eigenvalue weighted by Crippen LogP contribution is 2.21. The Kier molecular flexibility index (Phi) is 5.78. The molecule has 1 heterocycles. The van der Waals surface area contributed by atoms with E-state index in [0.29, 0.717) is 22.9 Å². The first-order valence-corrected chi connectivity index (χ1v) is 9.16. The van der Waals surface area contributed by atoms with Gasteiger partial charge >= 0.3 is 0 Å². The number of rotatable bonds is 6. The third kappa shape index (κ3) is 4.76. The molecule has 0 saturated carbocycles. The van der Waals surface area contributed by atoms with Crippen LogP contribution >= 0.6 is 0 Å². The number of anilines is 2. The molecule has 26 heavy (non-hydrogen) atoms. The highest BCUT2D eigenvalue weighted by Gasteiger charge is 2.24. The van der Waals surface area contributed by atoms with Crippen molar-refractivity contribution in [3.63, 3.8) is 0 Å². The monoisotopic (exact) mass is 353 g/mol. The van der Waals surface area contributed by atoms with Gasteiger partial charge in [0.05, 0.1) is 11.4 Å². The number of nitrogens with two attached hydrogens (primary N) is 1. The highest BCUT2D eigenvalue weighted by molar-refractivity contribution is 6.05. The van der Waals surface area contributed by atoms with Crippen molar-refractivity contribution >= 4 is 17.3 Å². The van der Waals surface area contributed by atoms with Crippen LogP contribution in [0.3, 0.4) is 0 Å². The standard InChI is InChI=1S/C21H27N3O2/c1-15(2)13-24-12-11-18(14-24)26-17-9-7-16(8-10-17)21(25)23-20-6-4-3-5-19(20)22/h3-10,15,18H,11-14,22H2,1-2H3,(H,23,25)/t18-/m0/s1. The van der Waals surface area contributed by atoms with Gasteiger partial charge in [0.2, 0.25) is 0 Å². The smallest absolute Gasteiger partial charge is 0.255 e. The summed E-state index contributed by atoms with van der Waals surface area (Å²) in [6.45, 7) is 7.64. The number of amides is 1. The quantitative estimate of drug-likeness (QED) is 0.778. The number of benzene rings is 2. The van der Waals surface area contributed by atoms with Gasteiger partial charge in [-0.3, -0.25) is 9.69 Å². The molecular formula is C21H27N3O2. The SMILES string of the molecule is CC(C)CN1CC[C@H](Oc2ccc(C(=O)Nc3ccccc3N)cc2)C1. The van der Waals surface area contributed by atoms with E-state index in [1.807, 2.05) is 24.3 Å². The van der Waals surface area contributed by atoms with Crippen LogP contribution in [0.15, 0.2) is 48.5 Å². The van der Waals surface area contributed by atoms with Crippen molar-refractivity contribution in [3.8, 4) is 5.75 Å². The zero-order valence-electron chi connectivity index (χ0n) is 15.4. The number of carbonyl (C=O) groups is 1. The van der Waals surface area contributed by atoms with Gasteiger partial charge < -0.3 is 15.8 Å². The van der Waals surface area contributed by atoms with Crippen LogP contribution < -0.4 is 15.8 Å². The fraction of sp³-hybridized carbons (Fsp3) is 0.381. The van der Waals surface area contributed by atoms with E-state index in [0.717, 1.165) is 31.8 Å². The molecule has 1 amide bonds. The maximum Gasteiger partial charge on any atom is 0.255 e. The molecule has 0 unspecified atom stereocenters. The summed E-state index contributed by atoms with van der Waals surface area (Å²) in [5, 5.41) is 2.83. The summed E-state index contributed by atoms with van der Waals surface area (Å²) in [7, 11) is 0. The third-order valence-electron chi connectivity index (χ3n) is 4.48. The molecule has 5 nitrogen and oxygen atoms in total. The zero-order chi connectivity index (χ0) is 18.5. The number of nitrogens with zero attached hydrogens (tertiary/aromatic N) is 1. The summed E-state index contributed by atoms with van der Waals surface area (Å²) in [6, 6.07) is 14.5. The molecule has 138 valence electrons. The average molecular weight is 353 g/mol. The molecule has 0 bridgehead atoms. The van der Waals surface area contributed by atoms with Crippen molar-refractivity contribution in [1.29, 1.82) is 0 Å². The van der Waals surface area contributed by atoms with E-state index >= 15 is 0 Å². The molecule has 3 N–H and O–H groups in total. The number of ether oxygens (including phenoxy) is 1. The Bertz CT molecular complexity index is 743. The summed E-state index contributed by atoms with van der Waals surface area (Å²) in [4.78, 5) is 14.8. The van der Waals surface area contributed by atoms with Crippen LogP contribution in [0.4, 0.5) is 11.4 Å². The van der Waals surface area contributed by atoms with Crippen molar-refractivity contribution in [1.82, 2.24) is 4.90 Å². The number of nitrogen functional groups attached to an aromatic ring is 1. The Morgan fingerprint density at radius 1 is 1.23 bits per heavy atom. The van der Waals surface area contributed by atoms with Crippen molar-refractivity contribution in [2.75, 3.05) is 30.7 Å². The van der Waals surface area contributed by atoms with Crippen LogP contribution in [0.2, 0.25) is 0 Å². The van der Waals surface area contributed by atoms with Crippen LogP contribution in [0, 0.1) is 5.92 Å². The Hall–Kier alpha value is -2.53. The molecule has 1 fully saturated rings. The van der Waals surface area contributed by atoms with Crippen molar-refractivity contribution < 1.29 is 9.53 Å². The van der Waals surface area contributed by atoms with Gasteiger partial charge in [0.1, 0.15) is 11.9 Å². The summed E-state index contributed by atoms with van der Waals surface area (Å²) < 4.78 is 6.07. The van der Waals surface area contributed by atoms with Crippen molar-refractivity contribution in [2.24, 2.45) is 5.92 Å². The largest absolute Gasteiger partial charge is 0.489 e. The Morgan fingerprint density at radius 3 is 2.65 bits per heavy atom. The van der Waals surface area contributed by atoms with Gasteiger partial charge in [-0.1, -0.05) is 26.0 Å². The lowest BCUT2D eigenvalue weighted by Gasteiger charge is -2.18. The highest BCUT2D eigenvalue weighted by atomic mass is 16.5. The van der Waals surface area contributed by atoms with Crippen molar-refractivity contribution in [3.05, 3.63) is 54.1 Å². The van der Waals surface area contributed by atoms with Gasteiger partial charge in [0, 0.05) is 25.2 Å². The summed E-state index contributed by atoms with van der Waals surface area (Å²) in [5.41, 5.74) is 7.61. The molecule has 3 rings (SSSR count). The lowest BCUT2D eigenvalue weighted by atomic mass is 10.2. The van der Waals surface area contributed by atoms with Gasteiger partial charge in [-0.2, -0.15) is 0 Å². The maximum absolute atomic E-state index is 12.4. The Labute approximate surface area is 155 Å². The minimum absolute atomic E-state index is 0.182. The van der Waals surface area contributed by atoms with Crippen LogP contribution in [-0.2, 0) is 0 Å². The molecule has 1 aliphatic heterocycles. The second-order valence-corrected chi connectivity index (χ2v) is 7.25. The normalized spacial score (nSPS) is 17.4. The Balaban J connectivity index is 1.55. The van der Waals surface area contributed by atoms with Crippen molar-refractivity contribution in [2.45, 2.75) is 26.4 Å². The van der Waals surface area contributed by atoms with Gasteiger partial charge in [0.15, 0.2) is 0 Å². The van der Waals surface area contributed by atoms with Gasteiger partial charge in [-0.15, -0.1) is 0 Å². The van der Waals surface area contributed by atoms with E-state index in [-0.39, 0.29) is 12.0 Å². The fourth-order valence-corrected chi connectivity index (χ4v) is 3.26. The molecule has 1 saturated heterocycles. The average Bonchev–Trinajstić information content (AvgIpc) is 3.03. The topological polar surface area (TPSA) is 67.6 Å². The number of likely N-dealkylation sites (tertiary alicyclic amines) is 1. The fourth-order valence-electron chi connectivity index (χ4n) is 3.26. The molecule has 1 atom stereocenters. The first kappa shape index (κ1) is 18.3. The van der Waals surface area contributed by atoms with E-state index in [2.05, 4.69) is 24.1 Å². The van der Waals surface area contributed by atoms with E-state index in [1.54, 1.807) is 24.3 Å². The lowest BCUT2D eigenvalue weighted by Crippen LogP contribution is -2.28. The number of hydrogen-bond donors (Lipinski definition) is 2. The minimum atomic E-state index is -0.182. The maximum atomic E-state index is 12.4. The first-order valence-electron chi connectivity index (χ1n) is 9.16. The number of para-hydroxylation sites is 2. The van der Waals surface area contributed by atoms with Crippen LogP contribution in [0.1, 0.15) is 30.6 Å². The van der Waals surface area contributed by atoms with E-state index in [4.69, 9.17) is 10.5 Å². The van der Waals surface area contributed by atoms with Crippen LogP contribution in [-0.4, -0.2) is 36.5 Å². The lowest BCUT2D eigenvalue weighted by molar-refractivity contribution is 0.102. The molecule has 0 spiro atoms. The molecule has 2 aromatic rings. The van der Waals surface area contributed by atoms with Crippen LogP contribution in [0.5, 0.6) is 5.75 Å². The first-order chi connectivity index (χ1) is 12.5. The van der Waals surface area contributed by atoms with Gasteiger partial charge in [-0.25, -0.2) is 0 Å². The second-order valence-electron chi connectivity index (χ2n) is 7.25. The minimum Gasteiger partial charge on any atom is -0.489 e. The zero-order valence-corrected chi connectivity index (χ0v) is 15.4. The summed E-state index contributed by atoms with van der Waals surface area (Å²) >= 11 is 0. The molecule has 2 aromatic carbocycles. The summed E-state index contributed by atoms with van der Waals surface area (Å²) in [6.07, 6.45) is 1.26. The second kappa shape index (κ2) is 8.23. The van der Waals surface area contributed by atoms with Crippen LogP contribution in [0.25, 0.3) is 0 Å². The van der Waals surface area contributed by atoms with E-state index in [9.17, 15) is 4.79 Å². The molecule has 0 aliphatic carbocycles. The number of nitrogens with one attached hydrogen (secondary N) is 1. The molecule has 0 aromatic heterocycles. The number of hydrogen-bond acceptors (Lipinski definition) is 4. The number of carbonyl (C=O) groups excluding carboxylic acids is 1. The predicted octanol–water partition coefficient (Wildman–Crippen LogP) is 3.63. The third-order valence-corrected chi connectivity index (χ3v) is 4.48. The predicted molar refractivity (Wildman–Crippen MR) is 106 cm³/mol. The summed E-state index contributed by atoms with van der Waals surface area (Å²) in [5.74, 6) is 1.29. The molecular weight excluding hydrogens is 326 g/mol. The Morgan fingerprint density at radius 2 is 1.96 bits per heavy atom. The molecule has 1 aliphatic rings. The van der Waals surface area contributed by atoms with Gasteiger partial charge in [0.25, 0.3) is 5.91 Å².